The molecule has 1 N–H and O–H groups in total. The predicted octanol–water partition coefficient (Wildman–Crippen LogP) is 2.74. The Labute approximate surface area is 102 Å². The molecule has 1 rings (SSSR count). The molecule has 0 amide bonds. The molecule has 0 aliphatic carbocycles. The SMILES string of the molecule is CCC(C)C1CN(C(CC)C(C)C)CCN1. The van der Waals surface area contributed by atoms with Crippen LogP contribution in [0, 0.1) is 11.8 Å². The third-order valence-corrected chi connectivity index (χ3v) is 4.22. The Bertz CT molecular complexity index is 191. The van der Waals surface area contributed by atoms with Crippen molar-refractivity contribution in [3.63, 3.8) is 0 Å². The van der Waals surface area contributed by atoms with Crippen LogP contribution < -0.4 is 5.32 Å². The number of nitrogens with one attached hydrogen (secondary N) is 1. The first kappa shape index (κ1) is 14.0. The molecular weight excluding hydrogens is 196 g/mol. The van der Waals surface area contributed by atoms with Gasteiger partial charge in [0.2, 0.25) is 0 Å². The van der Waals surface area contributed by atoms with Gasteiger partial charge in [-0.15, -0.1) is 0 Å². The van der Waals surface area contributed by atoms with Crippen molar-refractivity contribution in [2.45, 2.75) is 59.5 Å². The summed E-state index contributed by atoms with van der Waals surface area (Å²) >= 11 is 0. The van der Waals surface area contributed by atoms with Crippen LogP contribution in [0.3, 0.4) is 0 Å². The molecule has 96 valence electrons. The van der Waals surface area contributed by atoms with Crippen LogP contribution in [0.4, 0.5) is 0 Å². The highest BCUT2D eigenvalue weighted by Crippen LogP contribution is 2.19. The van der Waals surface area contributed by atoms with Crippen molar-refractivity contribution >= 4 is 0 Å². The normalized spacial score (nSPS) is 27.0. The van der Waals surface area contributed by atoms with E-state index in [0.29, 0.717) is 6.04 Å². The van der Waals surface area contributed by atoms with E-state index in [1.807, 2.05) is 0 Å². The van der Waals surface area contributed by atoms with E-state index in [2.05, 4.69) is 44.8 Å². The average Bonchev–Trinajstić information content (AvgIpc) is 2.29. The maximum Gasteiger partial charge on any atom is 0.0221 e. The van der Waals surface area contributed by atoms with Crippen LogP contribution in [0.5, 0.6) is 0 Å². The highest BCUT2D eigenvalue weighted by molar-refractivity contribution is 4.86. The molecule has 16 heavy (non-hydrogen) atoms. The van der Waals surface area contributed by atoms with Gasteiger partial charge in [0.15, 0.2) is 0 Å². The van der Waals surface area contributed by atoms with Gasteiger partial charge < -0.3 is 5.32 Å². The van der Waals surface area contributed by atoms with E-state index in [0.717, 1.165) is 24.4 Å². The van der Waals surface area contributed by atoms with Gasteiger partial charge in [0, 0.05) is 31.7 Å². The number of hydrogen-bond acceptors (Lipinski definition) is 2. The molecule has 0 saturated carbocycles. The molecule has 0 radical (unpaired) electrons. The molecule has 0 spiro atoms. The summed E-state index contributed by atoms with van der Waals surface area (Å²) in [7, 11) is 0. The molecule has 0 bridgehead atoms. The molecule has 0 aromatic heterocycles. The lowest BCUT2D eigenvalue weighted by molar-refractivity contribution is 0.0940. The summed E-state index contributed by atoms with van der Waals surface area (Å²) in [6.07, 6.45) is 2.56. The van der Waals surface area contributed by atoms with Gasteiger partial charge in [0.1, 0.15) is 0 Å². The Morgan fingerprint density at radius 3 is 2.38 bits per heavy atom. The van der Waals surface area contributed by atoms with Crippen molar-refractivity contribution in [2.75, 3.05) is 19.6 Å². The van der Waals surface area contributed by atoms with Crippen LogP contribution in [0.1, 0.15) is 47.5 Å². The van der Waals surface area contributed by atoms with Crippen LogP contribution in [0.2, 0.25) is 0 Å². The second kappa shape index (κ2) is 6.61. The largest absolute Gasteiger partial charge is 0.311 e. The van der Waals surface area contributed by atoms with E-state index >= 15 is 0 Å². The van der Waals surface area contributed by atoms with Crippen molar-refractivity contribution in [3.05, 3.63) is 0 Å². The summed E-state index contributed by atoms with van der Waals surface area (Å²) in [6.45, 7) is 15.3. The minimum absolute atomic E-state index is 0.701. The molecule has 2 nitrogen and oxygen atoms in total. The lowest BCUT2D eigenvalue weighted by atomic mass is 9.93. The van der Waals surface area contributed by atoms with Gasteiger partial charge in [0.05, 0.1) is 0 Å². The second-order valence-electron chi connectivity index (χ2n) is 5.66. The molecule has 1 fully saturated rings. The summed E-state index contributed by atoms with van der Waals surface area (Å²) in [4.78, 5) is 2.71. The molecule has 1 aliphatic heterocycles. The first-order valence-corrected chi connectivity index (χ1v) is 7.07. The van der Waals surface area contributed by atoms with Gasteiger partial charge in [-0.3, -0.25) is 4.90 Å². The Hall–Kier alpha value is -0.0800. The highest BCUT2D eigenvalue weighted by Gasteiger charge is 2.28. The summed E-state index contributed by atoms with van der Waals surface area (Å²) in [5.41, 5.74) is 0. The van der Waals surface area contributed by atoms with Gasteiger partial charge in [-0.2, -0.15) is 0 Å². The van der Waals surface area contributed by atoms with Gasteiger partial charge in [-0.1, -0.05) is 41.0 Å². The van der Waals surface area contributed by atoms with Gasteiger partial charge in [0.25, 0.3) is 0 Å². The molecule has 0 aromatic carbocycles. The third-order valence-electron chi connectivity index (χ3n) is 4.22. The summed E-state index contributed by atoms with van der Waals surface area (Å²) in [5, 5.41) is 3.68. The zero-order valence-corrected chi connectivity index (χ0v) is 11.8. The Morgan fingerprint density at radius 2 is 1.88 bits per heavy atom. The van der Waals surface area contributed by atoms with Crippen molar-refractivity contribution in [3.8, 4) is 0 Å². The zero-order chi connectivity index (χ0) is 12.1. The Balaban J connectivity index is 2.55. The number of piperazine rings is 1. The monoisotopic (exact) mass is 226 g/mol. The Morgan fingerprint density at radius 1 is 1.19 bits per heavy atom. The van der Waals surface area contributed by atoms with Crippen LogP contribution >= 0.6 is 0 Å². The first-order chi connectivity index (χ1) is 7.60. The molecular formula is C14H30N2. The van der Waals surface area contributed by atoms with E-state index in [1.165, 1.54) is 25.9 Å². The number of nitrogens with zero attached hydrogens (tertiary/aromatic N) is 1. The summed E-state index contributed by atoms with van der Waals surface area (Å²) < 4.78 is 0. The standard InChI is InChI=1S/C14H30N2/c1-6-12(5)13-10-16(9-8-15-13)14(7-2)11(3)4/h11-15H,6-10H2,1-5H3. The van der Waals surface area contributed by atoms with Crippen molar-refractivity contribution in [1.82, 2.24) is 10.2 Å². The molecule has 2 heteroatoms. The smallest absolute Gasteiger partial charge is 0.0221 e. The Kier molecular flexibility index (Phi) is 5.77. The van der Waals surface area contributed by atoms with Crippen LogP contribution in [0.15, 0.2) is 0 Å². The number of hydrogen-bond donors (Lipinski definition) is 1. The first-order valence-electron chi connectivity index (χ1n) is 7.07. The topological polar surface area (TPSA) is 15.3 Å². The fraction of sp³-hybridized carbons (Fsp3) is 1.00. The molecule has 1 aliphatic rings. The lowest BCUT2D eigenvalue weighted by Crippen LogP contribution is -2.56. The average molecular weight is 226 g/mol. The quantitative estimate of drug-likeness (QED) is 0.775. The van der Waals surface area contributed by atoms with E-state index < -0.39 is 0 Å². The second-order valence-corrected chi connectivity index (χ2v) is 5.66. The maximum atomic E-state index is 3.68. The fourth-order valence-corrected chi connectivity index (χ4v) is 2.92. The van der Waals surface area contributed by atoms with E-state index in [9.17, 15) is 0 Å². The molecule has 3 unspecified atom stereocenters. The van der Waals surface area contributed by atoms with Crippen LogP contribution in [-0.4, -0.2) is 36.6 Å². The molecule has 3 atom stereocenters. The van der Waals surface area contributed by atoms with Crippen molar-refractivity contribution < 1.29 is 0 Å². The zero-order valence-electron chi connectivity index (χ0n) is 11.8. The van der Waals surface area contributed by atoms with E-state index in [-0.39, 0.29) is 0 Å². The lowest BCUT2D eigenvalue weighted by Gasteiger charge is -2.42. The maximum absolute atomic E-state index is 3.68. The van der Waals surface area contributed by atoms with Crippen LogP contribution in [-0.2, 0) is 0 Å². The molecule has 0 aromatic rings. The molecule has 1 heterocycles. The van der Waals surface area contributed by atoms with Gasteiger partial charge in [-0.05, 0) is 18.3 Å². The third kappa shape index (κ3) is 3.46. The van der Waals surface area contributed by atoms with Crippen LogP contribution in [0.25, 0.3) is 0 Å². The number of rotatable bonds is 5. The summed E-state index contributed by atoms with van der Waals surface area (Å²) in [5.74, 6) is 1.58. The minimum Gasteiger partial charge on any atom is -0.311 e. The van der Waals surface area contributed by atoms with E-state index in [1.54, 1.807) is 0 Å². The fourth-order valence-electron chi connectivity index (χ4n) is 2.92. The molecule has 1 saturated heterocycles. The summed E-state index contributed by atoms with van der Waals surface area (Å²) in [6, 6.07) is 1.47. The van der Waals surface area contributed by atoms with Gasteiger partial charge >= 0.3 is 0 Å². The van der Waals surface area contributed by atoms with E-state index in [4.69, 9.17) is 0 Å². The van der Waals surface area contributed by atoms with Crippen molar-refractivity contribution in [1.29, 1.82) is 0 Å². The highest BCUT2D eigenvalue weighted by atomic mass is 15.2. The van der Waals surface area contributed by atoms with Gasteiger partial charge in [-0.25, -0.2) is 0 Å². The predicted molar refractivity (Wildman–Crippen MR) is 71.7 cm³/mol. The minimum atomic E-state index is 0.701. The van der Waals surface area contributed by atoms with Crippen molar-refractivity contribution in [2.24, 2.45) is 11.8 Å².